The van der Waals surface area contributed by atoms with Crippen LogP contribution in [0.15, 0.2) is 36.7 Å². The molecule has 126 valence electrons. The molecule has 0 bridgehead atoms. The second-order valence-corrected chi connectivity index (χ2v) is 6.04. The Hall–Kier alpha value is -2.83. The van der Waals surface area contributed by atoms with Crippen molar-refractivity contribution in [3.05, 3.63) is 53.3 Å². The second kappa shape index (κ2) is 6.74. The number of carboxylic acids is 1. The molecule has 0 spiro atoms. The Labute approximate surface area is 139 Å². The average Bonchev–Trinajstić information content (AvgIpc) is 3.22. The molecule has 7 nitrogen and oxygen atoms in total. The van der Waals surface area contributed by atoms with E-state index >= 15 is 0 Å². The van der Waals surface area contributed by atoms with Gasteiger partial charge in [0.25, 0.3) is 0 Å². The van der Waals surface area contributed by atoms with Gasteiger partial charge in [0.2, 0.25) is 0 Å². The molecule has 0 aliphatic carbocycles. The molecule has 0 saturated carbocycles. The number of rotatable bonds is 4. The molecule has 1 aromatic heterocycles. The topological polar surface area (TPSA) is 87.5 Å². The number of amides is 2. The fraction of sp³-hybridized carbons (Fsp3) is 0.353. The normalized spacial score (nSPS) is 17.0. The molecule has 2 aromatic rings. The van der Waals surface area contributed by atoms with Gasteiger partial charge < -0.3 is 15.3 Å². The Morgan fingerprint density at radius 1 is 1.33 bits per heavy atom. The monoisotopic (exact) mass is 328 g/mol. The Morgan fingerprint density at radius 2 is 2.08 bits per heavy atom. The predicted octanol–water partition coefficient (Wildman–Crippen LogP) is 1.82. The summed E-state index contributed by atoms with van der Waals surface area (Å²) in [5, 5.41) is 15.9. The van der Waals surface area contributed by atoms with Crippen molar-refractivity contribution in [1.29, 1.82) is 0 Å². The highest BCUT2D eigenvalue weighted by Gasteiger charge is 2.27. The van der Waals surface area contributed by atoms with E-state index in [1.807, 2.05) is 24.3 Å². The quantitative estimate of drug-likeness (QED) is 0.896. The van der Waals surface area contributed by atoms with Gasteiger partial charge in [-0.15, -0.1) is 0 Å². The van der Waals surface area contributed by atoms with E-state index in [4.69, 9.17) is 5.11 Å². The number of hydrogen-bond acceptors (Lipinski definition) is 3. The van der Waals surface area contributed by atoms with Crippen LogP contribution in [-0.2, 0) is 13.6 Å². The zero-order valence-electron chi connectivity index (χ0n) is 13.5. The summed E-state index contributed by atoms with van der Waals surface area (Å²) < 4.78 is 1.78. The van der Waals surface area contributed by atoms with Gasteiger partial charge >= 0.3 is 12.0 Å². The van der Waals surface area contributed by atoms with E-state index in [1.54, 1.807) is 16.8 Å². The van der Waals surface area contributed by atoms with Crippen LogP contribution in [0.5, 0.6) is 0 Å². The maximum Gasteiger partial charge on any atom is 0.335 e. The summed E-state index contributed by atoms with van der Waals surface area (Å²) in [6.45, 7) is 1.80. The van der Waals surface area contributed by atoms with Gasteiger partial charge in [0.05, 0.1) is 11.8 Å². The van der Waals surface area contributed by atoms with E-state index in [2.05, 4.69) is 10.4 Å². The minimum atomic E-state index is -0.955. The lowest BCUT2D eigenvalue weighted by Gasteiger charge is -2.17. The summed E-state index contributed by atoms with van der Waals surface area (Å²) in [6.07, 6.45) is 4.79. The molecule has 2 heterocycles. The number of nitrogens with one attached hydrogen (secondary N) is 1. The molecular weight excluding hydrogens is 308 g/mol. The third-order valence-electron chi connectivity index (χ3n) is 4.32. The van der Waals surface area contributed by atoms with E-state index in [1.165, 1.54) is 12.1 Å². The number of urea groups is 1. The van der Waals surface area contributed by atoms with Gasteiger partial charge in [-0.25, -0.2) is 9.59 Å². The molecule has 1 unspecified atom stereocenters. The number of carbonyl (C=O) groups excluding carboxylic acids is 1. The fourth-order valence-corrected chi connectivity index (χ4v) is 2.92. The maximum atomic E-state index is 12.3. The van der Waals surface area contributed by atoms with Crippen LogP contribution in [0.4, 0.5) is 4.79 Å². The summed E-state index contributed by atoms with van der Waals surface area (Å²) in [5.41, 5.74) is 2.28. The zero-order valence-corrected chi connectivity index (χ0v) is 13.5. The molecule has 0 radical (unpaired) electrons. The van der Waals surface area contributed by atoms with Gasteiger partial charge in [0.15, 0.2) is 0 Å². The minimum absolute atomic E-state index is 0.0938. The summed E-state index contributed by atoms with van der Waals surface area (Å²) in [6, 6.07) is 6.41. The summed E-state index contributed by atoms with van der Waals surface area (Å²) in [5.74, 6) is -0.622. The van der Waals surface area contributed by atoms with E-state index in [-0.39, 0.29) is 11.6 Å². The number of carboxylic acid groups (broad SMARTS) is 1. The largest absolute Gasteiger partial charge is 0.478 e. The molecule has 3 rings (SSSR count). The molecule has 1 aliphatic heterocycles. The lowest BCUT2D eigenvalue weighted by atomic mass is 10.0. The number of carbonyl (C=O) groups is 2. The molecule has 2 amide bonds. The number of aromatic nitrogens is 2. The number of aryl methyl sites for hydroxylation is 1. The number of nitrogens with zero attached hydrogens (tertiary/aromatic N) is 3. The first-order valence-corrected chi connectivity index (χ1v) is 7.86. The van der Waals surface area contributed by atoms with Crippen LogP contribution in [0.1, 0.15) is 33.8 Å². The van der Waals surface area contributed by atoms with Crippen LogP contribution in [0.3, 0.4) is 0 Å². The Balaban J connectivity index is 1.51. The van der Waals surface area contributed by atoms with Crippen molar-refractivity contribution in [3.63, 3.8) is 0 Å². The average molecular weight is 328 g/mol. The highest BCUT2D eigenvalue weighted by Crippen LogP contribution is 2.26. The predicted molar refractivity (Wildman–Crippen MR) is 87.8 cm³/mol. The molecule has 1 atom stereocenters. The van der Waals surface area contributed by atoms with Crippen LogP contribution in [-0.4, -0.2) is 44.9 Å². The molecule has 1 saturated heterocycles. The molecular formula is C17H20N4O3. The van der Waals surface area contributed by atoms with Gasteiger partial charge in [0.1, 0.15) is 0 Å². The Kier molecular flexibility index (Phi) is 4.50. The van der Waals surface area contributed by atoms with Crippen molar-refractivity contribution < 1.29 is 14.7 Å². The number of benzene rings is 1. The standard InChI is InChI=1S/C17H20N4O3/c1-20-10-15(9-19-20)14-6-7-21(11-14)17(24)18-8-12-2-4-13(5-3-12)16(22)23/h2-5,9-10,14H,6-8,11H2,1H3,(H,18,24)(H,22,23). The molecule has 24 heavy (non-hydrogen) atoms. The number of hydrogen-bond donors (Lipinski definition) is 2. The lowest BCUT2D eigenvalue weighted by Crippen LogP contribution is -2.37. The molecule has 1 aromatic carbocycles. The first-order chi connectivity index (χ1) is 11.5. The summed E-state index contributed by atoms with van der Waals surface area (Å²) in [4.78, 5) is 24.9. The first-order valence-electron chi connectivity index (χ1n) is 7.86. The summed E-state index contributed by atoms with van der Waals surface area (Å²) >= 11 is 0. The van der Waals surface area contributed by atoms with Crippen molar-refractivity contribution in [3.8, 4) is 0 Å². The van der Waals surface area contributed by atoms with Gasteiger partial charge in [-0.2, -0.15) is 5.10 Å². The SMILES string of the molecule is Cn1cc(C2CCN(C(=O)NCc3ccc(C(=O)O)cc3)C2)cn1. The van der Waals surface area contributed by atoms with Crippen molar-refractivity contribution >= 4 is 12.0 Å². The molecule has 2 N–H and O–H groups in total. The number of likely N-dealkylation sites (tertiary alicyclic amines) is 1. The molecule has 1 fully saturated rings. The van der Waals surface area contributed by atoms with Crippen LogP contribution < -0.4 is 5.32 Å². The summed E-state index contributed by atoms with van der Waals surface area (Å²) in [7, 11) is 1.89. The van der Waals surface area contributed by atoms with Gasteiger partial charge in [-0.1, -0.05) is 12.1 Å². The van der Waals surface area contributed by atoms with Crippen LogP contribution in [0, 0.1) is 0 Å². The minimum Gasteiger partial charge on any atom is -0.478 e. The second-order valence-electron chi connectivity index (χ2n) is 6.04. The zero-order chi connectivity index (χ0) is 17.1. The Morgan fingerprint density at radius 3 is 2.71 bits per heavy atom. The highest BCUT2D eigenvalue weighted by atomic mass is 16.4. The molecule has 1 aliphatic rings. The number of aromatic carboxylic acids is 1. The van der Waals surface area contributed by atoms with Crippen molar-refractivity contribution in [2.45, 2.75) is 18.9 Å². The van der Waals surface area contributed by atoms with E-state index in [0.717, 1.165) is 24.1 Å². The van der Waals surface area contributed by atoms with E-state index in [9.17, 15) is 9.59 Å². The van der Waals surface area contributed by atoms with Gasteiger partial charge in [-0.3, -0.25) is 4.68 Å². The fourth-order valence-electron chi connectivity index (χ4n) is 2.92. The lowest BCUT2D eigenvalue weighted by molar-refractivity contribution is 0.0697. The van der Waals surface area contributed by atoms with Crippen LogP contribution in [0.2, 0.25) is 0 Å². The van der Waals surface area contributed by atoms with E-state index in [0.29, 0.717) is 19.0 Å². The van der Waals surface area contributed by atoms with Crippen molar-refractivity contribution in [2.24, 2.45) is 7.05 Å². The smallest absolute Gasteiger partial charge is 0.335 e. The highest BCUT2D eigenvalue weighted by molar-refractivity contribution is 5.87. The van der Waals surface area contributed by atoms with Gasteiger partial charge in [0, 0.05) is 38.8 Å². The maximum absolute atomic E-state index is 12.3. The van der Waals surface area contributed by atoms with Gasteiger partial charge in [-0.05, 0) is 29.7 Å². The first kappa shape index (κ1) is 16.0. The van der Waals surface area contributed by atoms with Crippen molar-refractivity contribution in [1.82, 2.24) is 20.0 Å². The Bertz CT molecular complexity index is 739. The van der Waals surface area contributed by atoms with Crippen LogP contribution in [0.25, 0.3) is 0 Å². The van der Waals surface area contributed by atoms with E-state index < -0.39 is 5.97 Å². The van der Waals surface area contributed by atoms with Crippen LogP contribution >= 0.6 is 0 Å². The van der Waals surface area contributed by atoms with Crippen molar-refractivity contribution in [2.75, 3.05) is 13.1 Å². The third kappa shape index (κ3) is 3.56. The third-order valence-corrected chi connectivity index (χ3v) is 4.32. The molecule has 7 heteroatoms.